The third-order valence-electron chi connectivity index (χ3n) is 4.19. The summed E-state index contributed by atoms with van der Waals surface area (Å²) >= 11 is 1.30. The second kappa shape index (κ2) is 7.75. The molecule has 0 saturated carbocycles. The molecule has 2 heterocycles. The number of aromatic nitrogens is 2. The van der Waals surface area contributed by atoms with Crippen molar-refractivity contribution in [3.63, 3.8) is 0 Å². The number of fused-ring (bicyclic) bond motifs is 1. The van der Waals surface area contributed by atoms with Gasteiger partial charge in [0.25, 0.3) is 5.56 Å². The van der Waals surface area contributed by atoms with Gasteiger partial charge in [0.05, 0.1) is 23.3 Å². The Labute approximate surface area is 163 Å². The molecule has 0 aliphatic carbocycles. The molecule has 0 N–H and O–H groups in total. The van der Waals surface area contributed by atoms with Crippen LogP contribution in [0.4, 0.5) is 8.78 Å². The molecule has 28 heavy (non-hydrogen) atoms. The molecule has 3 nitrogen and oxygen atoms in total. The summed E-state index contributed by atoms with van der Waals surface area (Å²) in [6.45, 7) is 0.325. The minimum absolute atomic E-state index is 0.147. The van der Waals surface area contributed by atoms with Crippen molar-refractivity contribution in [2.45, 2.75) is 13.0 Å². The topological polar surface area (TPSA) is 34.9 Å². The molecule has 4 aromatic rings. The van der Waals surface area contributed by atoms with E-state index in [9.17, 15) is 13.6 Å². The summed E-state index contributed by atoms with van der Waals surface area (Å²) in [5.41, 5.74) is 2.21. The third-order valence-corrected chi connectivity index (χ3v) is 5.22. The molecule has 0 unspecified atom stereocenters. The van der Waals surface area contributed by atoms with Crippen LogP contribution in [0.3, 0.4) is 0 Å². The first-order valence-corrected chi connectivity index (χ1v) is 9.37. The molecule has 4 rings (SSSR count). The molecule has 6 heteroatoms. The Bertz CT molecular complexity index is 1250. The molecule has 0 radical (unpaired) electrons. The van der Waals surface area contributed by atoms with Crippen molar-refractivity contribution >= 4 is 21.6 Å². The van der Waals surface area contributed by atoms with E-state index in [1.54, 1.807) is 30.3 Å². The van der Waals surface area contributed by atoms with Gasteiger partial charge in [-0.15, -0.1) is 11.3 Å². The van der Waals surface area contributed by atoms with Crippen molar-refractivity contribution in [1.82, 2.24) is 9.55 Å². The van der Waals surface area contributed by atoms with Crippen molar-refractivity contribution in [2.24, 2.45) is 0 Å². The summed E-state index contributed by atoms with van der Waals surface area (Å²) in [4.78, 5) is 17.8. The predicted molar refractivity (Wildman–Crippen MR) is 106 cm³/mol. The largest absolute Gasteiger partial charge is 0.294 e. The molecule has 2 aromatic carbocycles. The first-order valence-electron chi connectivity index (χ1n) is 8.55. The van der Waals surface area contributed by atoms with Gasteiger partial charge >= 0.3 is 0 Å². The van der Waals surface area contributed by atoms with E-state index in [0.29, 0.717) is 23.2 Å². The minimum Gasteiger partial charge on any atom is -0.294 e. The molecule has 0 atom stereocenters. The van der Waals surface area contributed by atoms with Crippen LogP contribution in [0.1, 0.15) is 16.0 Å². The van der Waals surface area contributed by atoms with Crippen molar-refractivity contribution in [2.75, 3.05) is 0 Å². The van der Waals surface area contributed by atoms with Gasteiger partial charge in [0.1, 0.15) is 16.3 Å². The fraction of sp³-hybridized carbons (Fsp3) is 0.0909. The second-order valence-corrected chi connectivity index (χ2v) is 7.29. The monoisotopic (exact) mass is 392 g/mol. The lowest BCUT2D eigenvalue weighted by atomic mass is 10.1. The van der Waals surface area contributed by atoms with Crippen LogP contribution in [0.2, 0.25) is 0 Å². The van der Waals surface area contributed by atoms with Gasteiger partial charge in [-0.3, -0.25) is 9.36 Å². The van der Waals surface area contributed by atoms with E-state index in [4.69, 9.17) is 0 Å². The second-order valence-electron chi connectivity index (χ2n) is 6.23. The first kappa shape index (κ1) is 18.1. The Hall–Kier alpha value is -3.30. The molecule has 0 bridgehead atoms. The van der Waals surface area contributed by atoms with Crippen molar-refractivity contribution in [3.05, 3.63) is 98.9 Å². The summed E-state index contributed by atoms with van der Waals surface area (Å²) in [5, 5.41) is 0. The number of benzene rings is 2. The van der Waals surface area contributed by atoms with E-state index in [2.05, 4.69) is 16.8 Å². The van der Waals surface area contributed by atoms with E-state index in [1.165, 1.54) is 46.5 Å². The molecule has 0 fully saturated rings. The lowest BCUT2D eigenvalue weighted by Gasteiger charge is -2.05. The number of hydrogen-bond acceptors (Lipinski definition) is 3. The van der Waals surface area contributed by atoms with Crippen LogP contribution in [-0.4, -0.2) is 9.55 Å². The van der Waals surface area contributed by atoms with E-state index < -0.39 is 0 Å². The van der Waals surface area contributed by atoms with Gasteiger partial charge in [-0.1, -0.05) is 36.1 Å². The zero-order chi connectivity index (χ0) is 19.5. The summed E-state index contributed by atoms with van der Waals surface area (Å²) in [7, 11) is 0. The van der Waals surface area contributed by atoms with Crippen LogP contribution in [0.25, 0.3) is 10.2 Å². The maximum Gasteiger partial charge on any atom is 0.271 e. The average Bonchev–Trinajstić information content (AvgIpc) is 3.11. The fourth-order valence-corrected chi connectivity index (χ4v) is 3.68. The van der Waals surface area contributed by atoms with Gasteiger partial charge in [-0.2, -0.15) is 0 Å². The number of thiophene rings is 1. The fourth-order valence-electron chi connectivity index (χ4n) is 2.74. The molecule has 0 aliphatic heterocycles. The van der Waals surface area contributed by atoms with Gasteiger partial charge in [-0.25, -0.2) is 13.8 Å². The lowest BCUT2D eigenvalue weighted by Crippen LogP contribution is -2.20. The van der Waals surface area contributed by atoms with Crippen LogP contribution >= 0.6 is 11.3 Å². The molecule has 2 aromatic heterocycles. The van der Waals surface area contributed by atoms with Crippen molar-refractivity contribution in [1.29, 1.82) is 0 Å². The van der Waals surface area contributed by atoms with E-state index in [-0.39, 0.29) is 17.2 Å². The zero-order valence-corrected chi connectivity index (χ0v) is 15.5. The van der Waals surface area contributed by atoms with E-state index in [0.717, 1.165) is 16.0 Å². The Morgan fingerprint density at radius 1 is 0.964 bits per heavy atom. The van der Waals surface area contributed by atoms with Gasteiger partial charge in [0, 0.05) is 6.42 Å². The number of rotatable bonds is 3. The Balaban J connectivity index is 1.56. The molecule has 0 spiro atoms. The Morgan fingerprint density at radius 3 is 2.29 bits per heavy atom. The SMILES string of the molecule is O=c1c2sc(C#CCc3ccc(F)cc3)cc2ncn1Cc1ccc(F)cc1. The summed E-state index contributed by atoms with van der Waals surface area (Å²) in [6.07, 6.45) is 1.99. The van der Waals surface area contributed by atoms with Crippen molar-refractivity contribution < 1.29 is 8.78 Å². The van der Waals surface area contributed by atoms with Crippen LogP contribution in [0, 0.1) is 23.5 Å². The highest BCUT2D eigenvalue weighted by Gasteiger charge is 2.09. The normalized spacial score (nSPS) is 10.6. The molecule has 0 saturated heterocycles. The quantitative estimate of drug-likeness (QED) is 0.485. The average molecular weight is 392 g/mol. The lowest BCUT2D eigenvalue weighted by molar-refractivity contribution is 0.626. The van der Waals surface area contributed by atoms with Gasteiger partial charge in [-0.05, 0) is 41.5 Å². The molecule has 0 aliphatic rings. The maximum absolute atomic E-state index is 13.0. The molecular formula is C22H14F2N2OS. The van der Waals surface area contributed by atoms with E-state index in [1.807, 2.05) is 0 Å². The van der Waals surface area contributed by atoms with Crippen molar-refractivity contribution in [3.8, 4) is 11.8 Å². The van der Waals surface area contributed by atoms with E-state index >= 15 is 0 Å². The predicted octanol–water partition coefficient (Wildman–Crippen LogP) is 4.38. The smallest absolute Gasteiger partial charge is 0.271 e. The maximum atomic E-state index is 13.0. The highest BCUT2D eigenvalue weighted by atomic mass is 32.1. The van der Waals surface area contributed by atoms with Crippen LogP contribution in [0.5, 0.6) is 0 Å². The standard InChI is InChI=1S/C22H14F2N2OS/c23-17-8-4-15(5-9-17)2-1-3-19-12-20-21(28-19)22(27)26(14-25-20)13-16-6-10-18(24)11-7-16/h4-12,14H,2,13H2. The number of nitrogens with zero attached hydrogens (tertiary/aromatic N) is 2. The van der Waals surface area contributed by atoms with Crippen LogP contribution < -0.4 is 5.56 Å². The first-order chi connectivity index (χ1) is 13.6. The minimum atomic E-state index is -0.313. The number of halogens is 2. The third kappa shape index (κ3) is 4.00. The Kier molecular flexibility index (Phi) is 5.00. The van der Waals surface area contributed by atoms with Gasteiger partial charge in [0.2, 0.25) is 0 Å². The molecular weight excluding hydrogens is 378 g/mol. The van der Waals surface area contributed by atoms with Crippen LogP contribution in [0.15, 0.2) is 65.7 Å². The summed E-state index contributed by atoms with van der Waals surface area (Å²) < 4.78 is 28.0. The zero-order valence-electron chi connectivity index (χ0n) is 14.7. The highest BCUT2D eigenvalue weighted by Crippen LogP contribution is 2.20. The summed E-state index contributed by atoms with van der Waals surface area (Å²) in [5.74, 6) is 5.50. The number of hydrogen-bond donors (Lipinski definition) is 0. The summed E-state index contributed by atoms with van der Waals surface area (Å²) in [6, 6.07) is 14.0. The Morgan fingerprint density at radius 2 is 1.61 bits per heavy atom. The van der Waals surface area contributed by atoms with Gasteiger partial charge in [0.15, 0.2) is 0 Å². The van der Waals surface area contributed by atoms with Crippen LogP contribution in [-0.2, 0) is 13.0 Å². The highest BCUT2D eigenvalue weighted by molar-refractivity contribution is 7.19. The molecule has 138 valence electrons. The van der Waals surface area contributed by atoms with Gasteiger partial charge < -0.3 is 0 Å². The molecule has 0 amide bonds.